The number of nitrogens with one attached hydrogen (secondary N) is 1. The third-order valence-corrected chi connectivity index (χ3v) is 5.69. The summed E-state index contributed by atoms with van der Waals surface area (Å²) in [6, 6.07) is 20.2. The molecule has 0 aliphatic heterocycles. The molecule has 0 saturated carbocycles. The molecule has 4 aromatic rings. The van der Waals surface area contributed by atoms with Crippen LogP contribution in [0.25, 0.3) is 10.9 Å². The number of hydrogen-bond donors (Lipinski definition) is 1. The minimum absolute atomic E-state index is 0.0702. The maximum atomic E-state index is 12.9. The van der Waals surface area contributed by atoms with Crippen LogP contribution in [0.4, 0.5) is 8.78 Å². The molecule has 1 aromatic heterocycles. The maximum absolute atomic E-state index is 12.9. The molecule has 0 radical (unpaired) electrons. The molecule has 34 heavy (non-hydrogen) atoms. The Morgan fingerprint density at radius 1 is 1.03 bits per heavy atom. The molecular weight excluding hydrogens is 464 g/mol. The van der Waals surface area contributed by atoms with Gasteiger partial charge in [0.1, 0.15) is 5.75 Å². The van der Waals surface area contributed by atoms with Crippen LogP contribution < -0.4 is 9.46 Å². The number of para-hydroxylation sites is 1. The second-order valence-corrected chi connectivity index (χ2v) is 7.97. The molecule has 0 spiro atoms. The number of halogens is 2. The molecule has 0 saturated heterocycles. The van der Waals surface area contributed by atoms with Gasteiger partial charge in [-0.15, -0.1) is 0 Å². The highest BCUT2D eigenvalue weighted by atomic mass is 32.2. The third kappa shape index (κ3) is 5.34. The van der Waals surface area contributed by atoms with Crippen molar-refractivity contribution in [2.45, 2.75) is 18.1 Å². The molecule has 10 heteroatoms. The number of rotatable bonds is 8. The zero-order valence-corrected chi connectivity index (χ0v) is 18.7. The fraction of sp³-hybridized carbons (Fsp3) is 0.125. The Bertz CT molecular complexity index is 1310. The smallest absolute Gasteiger partial charge is 0.387 e. The zero-order chi connectivity index (χ0) is 24.1. The number of aromatic nitrogens is 2. The number of hydrogen-bond acceptors (Lipinski definition) is 6. The largest absolute Gasteiger partial charge is 0.465 e. The van der Waals surface area contributed by atoms with E-state index < -0.39 is 12.6 Å². The van der Waals surface area contributed by atoms with E-state index in [9.17, 15) is 18.4 Å². The number of methoxy groups -OCH3 is 1. The van der Waals surface area contributed by atoms with Crippen molar-refractivity contribution in [3.63, 3.8) is 0 Å². The monoisotopic (exact) mass is 483 g/mol. The number of nitrogens with zero attached hydrogens (tertiary/aromatic N) is 2. The highest BCUT2D eigenvalue weighted by Gasteiger charge is 2.18. The number of carbonyl (C=O) groups is 2. The number of ether oxygens (including phenoxy) is 2. The standard InChI is InChI=1S/C24H19F2N3O4S/c1-32-23(31)16-8-12-18(13-9-16)34-28-22(30)21-19-4-2-3-5-20(19)29(27-21)14-15-6-10-17(11-7-15)33-24(25)26/h2-13,24H,14H2,1H3,(H,28,30). The molecule has 1 N–H and O–H groups in total. The third-order valence-electron chi connectivity index (χ3n) is 4.89. The molecular formula is C24H19F2N3O4S. The van der Waals surface area contributed by atoms with Crippen molar-refractivity contribution < 1.29 is 27.8 Å². The van der Waals surface area contributed by atoms with Crippen molar-refractivity contribution in [2.24, 2.45) is 0 Å². The van der Waals surface area contributed by atoms with Gasteiger partial charge in [0.05, 0.1) is 24.7 Å². The molecule has 3 aromatic carbocycles. The van der Waals surface area contributed by atoms with Crippen molar-refractivity contribution in [1.29, 1.82) is 0 Å². The first-order valence-electron chi connectivity index (χ1n) is 10.1. The van der Waals surface area contributed by atoms with Crippen LogP contribution in [0.15, 0.2) is 77.7 Å². The number of benzene rings is 3. The summed E-state index contributed by atoms with van der Waals surface area (Å²) in [5.41, 5.74) is 2.23. The first-order chi connectivity index (χ1) is 16.4. The molecule has 1 amide bonds. The Morgan fingerprint density at radius 3 is 2.41 bits per heavy atom. The Morgan fingerprint density at radius 2 is 1.74 bits per heavy atom. The Hall–Kier alpha value is -3.92. The summed E-state index contributed by atoms with van der Waals surface area (Å²) in [5.74, 6) is -0.743. The zero-order valence-electron chi connectivity index (χ0n) is 17.9. The number of amides is 1. The van der Waals surface area contributed by atoms with Gasteiger partial charge in [0.25, 0.3) is 5.91 Å². The van der Waals surface area contributed by atoms with Gasteiger partial charge >= 0.3 is 12.6 Å². The van der Waals surface area contributed by atoms with Gasteiger partial charge in [0.15, 0.2) is 5.69 Å². The van der Waals surface area contributed by atoms with Crippen LogP contribution in [-0.4, -0.2) is 35.4 Å². The summed E-state index contributed by atoms with van der Waals surface area (Å²) >= 11 is 1.10. The molecule has 174 valence electrons. The topological polar surface area (TPSA) is 82.5 Å². The molecule has 0 unspecified atom stereocenters. The molecule has 1 heterocycles. The average molecular weight is 483 g/mol. The van der Waals surface area contributed by atoms with Gasteiger partial charge in [-0.1, -0.05) is 30.3 Å². The predicted molar refractivity (Wildman–Crippen MR) is 123 cm³/mol. The van der Waals surface area contributed by atoms with Crippen LogP contribution in [0.2, 0.25) is 0 Å². The van der Waals surface area contributed by atoms with Crippen molar-refractivity contribution in [3.8, 4) is 5.75 Å². The summed E-state index contributed by atoms with van der Waals surface area (Å²) < 4.78 is 38.2. The Kier molecular flexibility index (Phi) is 7.07. The molecule has 0 atom stereocenters. The van der Waals surface area contributed by atoms with Crippen molar-refractivity contribution >= 4 is 34.7 Å². The summed E-state index contributed by atoms with van der Waals surface area (Å²) in [7, 11) is 1.31. The summed E-state index contributed by atoms with van der Waals surface area (Å²) in [5, 5.41) is 5.17. The number of carbonyl (C=O) groups excluding carboxylic acids is 2. The fourth-order valence-electron chi connectivity index (χ4n) is 3.30. The van der Waals surface area contributed by atoms with E-state index in [1.807, 2.05) is 24.3 Å². The second-order valence-electron chi connectivity index (χ2n) is 7.10. The minimum atomic E-state index is -2.88. The van der Waals surface area contributed by atoms with Gasteiger partial charge in [-0.25, -0.2) is 4.79 Å². The predicted octanol–water partition coefficient (Wildman–Crippen LogP) is 4.91. The minimum Gasteiger partial charge on any atom is -0.465 e. The van der Waals surface area contributed by atoms with E-state index in [0.717, 1.165) is 27.9 Å². The van der Waals surface area contributed by atoms with Gasteiger partial charge in [-0.05, 0) is 60.0 Å². The first-order valence-corrected chi connectivity index (χ1v) is 10.9. The number of esters is 1. The highest BCUT2D eigenvalue weighted by molar-refractivity contribution is 7.98. The summed E-state index contributed by atoms with van der Waals surface area (Å²) in [4.78, 5) is 25.2. The molecule has 0 bridgehead atoms. The fourth-order valence-corrected chi connectivity index (χ4v) is 3.87. The van der Waals surface area contributed by atoms with Gasteiger partial charge in [-0.2, -0.15) is 13.9 Å². The van der Waals surface area contributed by atoms with Crippen LogP contribution in [-0.2, 0) is 11.3 Å². The lowest BCUT2D eigenvalue weighted by Gasteiger charge is -2.07. The van der Waals surface area contributed by atoms with Crippen LogP contribution >= 0.6 is 11.9 Å². The van der Waals surface area contributed by atoms with E-state index in [1.54, 1.807) is 41.1 Å². The SMILES string of the molecule is COC(=O)c1ccc(SNC(=O)c2nn(Cc3ccc(OC(F)F)cc3)c3ccccc23)cc1. The Balaban J connectivity index is 1.49. The van der Waals surface area contributed by atoms with Gasteiger partial charge in [0.2, 0.25) is 0 Å². The van der Waals surface area contributed by atoms with E-state index in [1.165, 1.54) is 19.2 Å². The van der Waals surface area contributed by atoms with Crippen molar-refractivity contribution in [3.05, 3.63) is 89.6 Å². The van der Waals surface area contributed by atoms with Crippen LogP contribution in [0.1, 0.15) is 26.4 Å². The molecule has 0 fully saturated rings. The Labute approximate surface area is 197 Å². The van der Waals surface area contributed by atoms with Crippen LogP contribution in [0.5, 0.6) is 5.75 Å². The maximum Gasteiger partial charge on any atom is 0.387 e. The van der Waals surface area contributed by atoms with E-state index in [4.69, 9.17) is 0 Å². The van der Waals surface area contributed by atoms with Gasteiger partial charge < -0.3 is 9.47 Å². The number of alkyl halides is 2. The highest BCUT2D eigenvalue weighted by Crippen LogP contribution is 2.23. The summed E-state index contributed by atoms with van der Waals surface area (Å²) in [6.45, 7) is -2.55. The number of fused-ring (bicyclic) bond motifs is 1. The van der Waals surface area contributed by atoms with E-state index >= 15 is 0 Å². The molecule has 0 aliphatic rings. The van der Waals surface area contributed by atoms with E-state index in [0.29, 0.717) is 17.5 Å². The lowest BCUT2D eigenvalue weighted by atomic mass is 10.2. The molecule has 7 nitrogen and oxygen atoms in total. The second kappa shape index (κ2) is 10.3. The van der Waals surface area contributed by atoms with Crippen molar-refractivity contribution in [2.75, 3.05) is 7.11 Å². The lowest BCUT2D eigenvalue weighted by Crippen LogP contribution is -2.17. The first kappa shape index (κ1) is 23.2. The van der Waals surface area contributed by atoms with Gasteiger partial charge in [0, 0.05) is 10.3 Å². The van der Waals surface area contributed by atoms with E-state index in [2.05, 4.69) is 19.3 Å². The summed E-state index contributed by atoms with van der Waals surface area (Å²) in [6.07, 6.45) is 0. The van der Waals surface area contributed by atoms with Crippen LogP contribution in [0.3, 0.4) is 0 Å². The molecule has 4 rings (SSSR count). The van der Waals surface area contributed by atoms with Gasteiger partial charge in [-0.3, -0.25) is 14.2 Å². The van der Waals surface area contributed by atoms with Crippen molar-refractivity contribution in [1.82, 2.24) is 14.5 Å². The average Bonchev–Trinajstić information content (AvgIpc) is 3.22. The van der Waals surface area contributed by atoms with E-state index in [-0.39, 0.29) is 17.4 Å². The normalized spacial score (nSPS) is 10.9. The molecule has 0 aliphatic carbocycles. The van der Waals surface area contributed by atoms with Crippen LogP contribution in [0, 0.1) is 0 Å². The lowest BCUT2D eigenvalue weighted by molar-refractivity contribution is -0.0498. The quantitative estimate of drug-likeness (QED) is 0.283.